The van der Waals surface area contributed by atoms with Gasteiger partial charge in [-0.15, -0.1) is 0 Å². The van der Waals surface area contributed by atoms with E-state index in [1.54, 1.807) is 57.2 Å². The molecule has 0 atom stereocenters. The van der Waals surface area contributed by atoms with Crippen molar-refractivity contribution in [2.75, 3.05) is 16.8 Å². The van der Waals surface area contributed by atoms with E-state index in [1.165, 1.54) is 11.0 Å². The Morgan fingerprint density at radius 2 is 1.89 bits per heavy atom. The average Bonchev–Trinajstić information content (AvgIpc) is 2.67. The van der Waals surface area contributed by atoms with Crippen LogP contribution in [0.25, 0.3) is 0 Å². The van der Waals surface area contributed by atoms with Crippen LogP contribution in [0.5, 0.6) is 5.75 Å². The molecule has 2 aromatic rings. The van der Waals surface area contributed by atoms with Crippen LogP contribution >= 0.6 is 11.6 Å². The summed E-state index contributed by atoms with van der Waals surface area (Å²) >= 11 is 5.98. The van der Waals surface area contributed by atoms with E-state index in [9.17, 15) is 14.4 Å². The number of ketones is 1. The lowest BCUT2D eigenvalue weighted by molar-refractivity contribution is -0.127. The van der Waals surface area contributed by atoms with Crippen LogP contribution in [0.4, 0.5) is 11.4 Å². The van der Waals surface area contributed by atoms with Crippen LogP contribution in [-0.4, -0.2) is 29.7 Å². The van der Waals surface area contributed by atoms with Gasteiger partial charge in [-0.3, -0.25) is 19.3 Å². The monoisotopic (exact) mass is 400 g/mol. The van der Waals surface area contributed by atoms with E-state index >= 15 is 0 Å². The Kier molecular flexibility index (Phi) is 5.42. The number of ether oxygens (including phenoxy) is 1. The number of nitrogens with one attached hydrogen (secondary N) is 1. The first kappa shape index (κ1) is 19.9. The van der Waals surface area contributed by atoms with Crippen molar-refractivity contribution in [2.45, 2.75) is 32.7 Å². The minimum absolute atomic E-state index is 0.132. The van der Waals surface area contributed by atoms with E-state index in [0.717, 1.165) is 0 Å². The third-order valence-electron chi connectivity index (χ3n) is 4.67. The summed E-state index contributed by atoms with van der Waals surface area (Å²) in [6.07, 6.45) is 0.289. The number of amides is 2. The van der Waals surface area contributed by atoms with Gasteiger partial charge >= 0.3 is 0 Å². The number of nitrogens with zero attached hydrogens (tertiary/aromatic N) is 1. The molecule has 0 aromatic heterocycles. The van der Waals surface area contributed by atoms with Crippen LogP contribution in [-0.2, 0) is 9.59 Å². The second kappa shape index (κ2) is 7.64. The van der Waals surface area contributed by atoms with Crippen molar-refractivity contribution in [1.82, 2.24) is 0 Å². The molecule has 1 heterocycles. The quantitative estimate of drug-likeness (QED) is 0.767. The molecule has 7 heteroatoms. The van der Waals surface area contributed by atoms with Crippen molar-refractivity contribution < 1.29 is 19.1 Å². The van der Waals surface area contributed by atoms with E-state index in [4.69, 9.17) is 16.3 Å². The number of anilines is 2. The first-order valence-electron chi connectivity index (χ1n) is 8.94. The van der Waals surface area contributed by atoms with Gasteiger partial charge in [0.05, 0.1) is 16.9 Å². The molecule has 0 radical (unpaired) electrons. The molecule has 0 aliphatic carbocycles. The molecule has 3 rings (SSSR count). The largest absolute Gasteiger partial charge is 0.483 e. The predicted octanol–water partition coefficient (Wildman–Crippen LogP) is 4.08. The Morgan fingerprint density at radius 1 is 1.18 bits per heavy atom. The zero-order valence-electron chi connectivity index (χ0n) is 15.9. The SMILES string of the molecule is CCC(=O)c1cc(Cl)ccc1OCC(=O)N1c2ccccc2NC(=O)C1(C)C. The van der Waals surface area contributed by atoms with Crippen LogP contribution in [0.2, 0.25) is 5.02 Å². The van der Waals surface area contributed by atoms with E-state index in [-0.39, 0.29) is 30.5 Å². The fraction of sp³-hybridized carbons (Fsp3) is 0.286. The fourth-order valence-corrected chi connectivity index (χ4v) is 3.31. The maximum Gasteiger partial charge on any atom is 0.265 e. The first-order chi connectivity index (χ1) is 13.3. The van der Waals surface area contributed by atoms with Crippen LogP contribution in [0.3, 0.4) is 0 Å². The number of rotatable bonds is 5. The Labute approximate surface area is 168 Å². The summed E-state index contributed by atoms with van der Waals surface area (Å²) in [5, 5.41) is 3.23. The Bertz CT molecular complexity index is 955. The van der Waals surface area contributed by atoms with E-state index < -0.39 is 11.4 Å². The first-order valence-corrected chi connectivity index (χ1v) is 9.32. The molecule has 0 spiro atoms. The smallest absolute Gasteiger partial charge is 0.265 e. The van der Waals surface area contributed by atoms with Gasteiger partial charge in [-0.2, -0.15) is 0 Å². The third-order valence-corrected chi connectivity index (χ3v) is 4.91. The molecule has 1 aliphatic rings. The molecule has 2 amide bonds. The highest BCUT2D eigenvalue weighted by Gasteiger charge is 2.43. The molecule has 6 nitrogen and oxygen atoms in total. The topological polar surface area (TPSA) is 75.7 Å². The molecule has 0 saturated carbocycles. The van der Waals surface area contributed by atoms with Crippen molar-refractivity contribution in [3.05, 3.63) is 53.1 Å². The standard InChI is InChI=1S/C21H21ClN2O4/c1-4-17(25)14-11-13(22)9-10-18(14)28-12-19(26)24-16-8-6-5-7-15(16)23-20(27)21(24,2)3/h5-11H,4,12H2,1-3H3,(H,23,27). The predicted molar refractivity (Wildman–Crippen MR) is 108 cm³/mol. The Morgan fingerprint density at radius 3 is 2.61 bits per heavy atom. The summed E-state index contributed by atoms with van der Waals surface area (Å²) in [6.45, 7) is 4.76. The van der Waals surface area contributed by atoms with E-state index in [1.807, 2.05) is 0 Å². The molecule has 0 unspecified atom stereocenters. The highest BCUT2D eigenvalue weighted by molar-refractivity contribution is 6.31. The van der Waals surface area contributed by atoms with E-state index in [0.29, 0.717) is 22.0 Å². The molecular weight excluding hydrogens is 380 g/mol. The maximum atomic E-state index is 13.0. The average molecular weight is 401 g/mol. The number of carbonyl (C=O) groups is 3. The van der Waals surface area contributed by atoms with Crippen LogP contribution in [0.15, 0.2) is 42.5 Å². The normalized spacial score (nSPS) is 14.9. The number of hydrogen-bond acceptors (Lipinski definition) is 4. The summed E-state index contributed by atoms with van der Waals surface area (Å²) in [6, 6.07) is 11.8. The third kappa shape index (κ3) is 3.60. The molecule has 0 bridgehead atoms. The highest BCUT2D eigenvalue weighted by atomic mass is 35.5. The molecule has 28 heavy (non-hydrogen) atoms. The lowest BCUT2D eigenvalue weighted by atomic mass is 9.96. The Balaban J connectivity index is 1.88. The molecule has 2 aromatic carbocycles. The van der Waals surface area contributed by atoms with Gasteiger partial charge in [-0.25, -0.2) is 0 Å². The molecule has 0 saturated heterocycles. The van der Waals surface area contributed by atoms with Gasteiger partial charge in [0.25, 0.3) is 5.91 Å². The molecule has 1 aliphatic heterocycles. The van der Waals surface area contributed by atoms with Crippen molar-refractivity contribution >= 4 is 40.6 Å². The number of carbonyl (C=O) groups excluding carboxylic acids is 3. The second-order valence-electron chi connectivity index (χ2n) is 6.97. The number of halogens is 1. The summed E-state index contributed by atoms with van der Waals surface area (Å²) in [4.78, 5) is 39.1. The number of fused-ring (bicyclic) bond motifs is 1. The number of para-hydroxylation sites is 2. The summed E-state index contributed by atoms with van der Waals surface area (Å²) in [5.41, 5.74) is 0.408. The van der Waals surface area contributed by atoms with Crippen LogP contribution in [0.1, 0.15) is 37.6 Å². The zero-order valence-corrected chi connectivity index (χ0v) is 16.7. The summed E-state index contributed by atoms with van der Waals surface area (Å²) in [5.74, 6) is -0.518. The number of Topliss-reactive ketones (excluding diaryl/α,β-unsaturated/α-hetero) is 1. The minimum atomic E-state index is -1.09. The van der Waals surface area contributed by atoms with Gasteiger partial charge in [0.1, 0.15) is 11.3 Å². The number of benzene rings is 2. The molecule has 146 valence electrons. The van der Waals surface area contributed by atoms with Crippen molar-refractivity contribution in [2.24, 2.45) is 0 Å². The second-order valence-corrected chi connectivity index (χ2v) is 7.40. The number of hydrogen-bond donors (Lipinski definition) is 1. The van der Waals surface area contributed by atoms with Gasteiger partial charge in [-0.1, -0.05) is 30.7 Å². The van der Waals surface area contributed by atoms with Crippen molar-refractivity contribution in [3.8, 4) is 5.75 Å². The lowest BCUT2D eigenvalue weighted by Crippen LogP contribution is -2.59. The molecular formula is C21H21ClN2O4. The minimum Gasteiger partial charge on any atom is -0.483 e. The molecule has 1 N–H and O–H groups in total. The van der Waals surface area contributed by atoms with Crippen molar-refractivity contribution in [3.63, 3.8) is 0 Å². The van der Waals surface area contributed by atoms with Gasteiger partial charge < -0.3 is 10.1 Å². The Hall–Kier alpha value is -2.86. The van der Waals surface area contributed by atoms with E-state index in [2.05, 4.69) is 5.32 Å². The lowest BCUT2D eigenvalue weighted by Gasteiger charge is -2.41. The zero-order chi connectivity index (χ0) is 20.5. The van der Waals surface area contributed by atoms with Gasteiger partial charge in [0, 0.05) is 11.4 Å². The van der Waals surface area contributed by atoms with Gasteiger partial charge in [0.2, 0.25) is 5.91 Å². The van der Waals surface area contributed by atoms with Crippen LogP contribution in [0, 0.1) is 0 Å². The van der Waals surface area contributed by atoms with Gasteiger partial charge in [0.15, 0.2) is 12.4 Å². The molecule has 0 fully saturated rings. The highest BCUT2D eigenvalue weighted by Crippen LogP contribution is 2.36. The fourth-order valence-electron chi connectivity index (χ4n) is 3.14. The maximum absolute atomic E-state index is 13.0. The summed E-state index contributed by atoms with van der Waals surface area (Å²) in [7, 11) is 0. The van der Waals surface area contributed by atoms with Gasteiger partial charge in [-0.05, 0) is 44.2 Å². The van der Waals surface area contributed by atoms with Crippen LogP contribution < -0.4 is 15.0 Å². The van der Waals surface area contributed by atoms with Crippen molar-refractivity contribution in [1.29, 1.82) is 0 Å². The summed E-state index contributed by atoms with van der Waals surface area (Å²) < 4.78 is 5.67.